The summed E-state index contributed by atoms with van der Waals surface area (Å²) in [6, 6.07) is 3.49. The molecule has 1 aromatic carbocycles. The second kappa shape index (κ2) is 4.76. The fraction of sp³-hybridized carbons (Fsp3) is 0.273. The van der Waals surface area contributed by atoms with E-state index in [1.54, 1.807) is 0 Å². The first-order valence-corrected chi connectivity index (χ1v) is 7.11. The summed E-state index contributed by atoms with van der Waals surface area (Å²) in [6.45, 7) is 0.101. The minimum Gasteiger partial charge on any atom is -0.397 e. The Morgan fingerprint density at radius 1 is 1.40 bits per heavy atom. The van der Waals surface area contributed by atoms with Crippen LogP contribution in [0.4, 0.5) is 11.4 Å². The summed E-state index contributed by atoms with van der Waals surface area (Å²) in [6.07, 6.45) is -0.00514. The monoisotopic (exact) mass is 299 g/mol. The molecule has 108 valence electrons. The average molecular weight is 299 g/mol. The Bertz CT molecular complexity index is 685. The van der Waals surface area contributed by atoms with Crippen LogP contribution in [0.25, 0.3) is 0 Å². The minimum absolute atomic E-state index is 0.00514. The molecule has 9 heteroatoms. The number of rotatable bonds is 3. The van der Waals surface area contributed by atoms with Gasteiger partial charge in [-0.3, -0.25) is 14.1 Å². The second-order valence-electron chi connectivity index (χ2n) is 4.50. The quantitative estimate of drug-likeness (QED) is 0.500. The molecule has 2 amide bonds. The normalized spacial score (nSPS) is 19.4. The maximum atomic E-state index is 11.8. The lowest BCUT2D eigenvalue weighted by molar-refractivity contribution is -0.123. The molecule has 1 aliphatic heterocycles. The molecule has 0 spiro atoms. The van der Waals surface area contributed by atoms with Crippen LogP contribution >= 0.6 is 0 Å². The van der Waals surface area contributed by atoms with Crippen LogP contribution in [0, 0.1) is 5.92 Å². The number of anilines is 2. The van der Waals surface area contributed by atoms with Gasteiger partial charge in [-0.1, -0.05) is 0 Å². The third-order valence-electron chi connectivity index (χ3n) is 3.12. The molecule has 2 rings (SSSR count). The van der Waals surface area contributed by atoms with Gasteiger partial charge in [-0.05, 0) is 18.2 Å². The molecule has 5 N–H and O–H groups in total. The topological polar surface area (TPSA) is 144 Å². The van der Waals surface area contributed by atoms with Crippen molar-refractivity contribution in [1.29, 1.82) is 0 Å². The number of carbonyl (C=O) groups excluding carboxylic acids is 2. The van der Waals surface area contributed by atoms with E-state index in [1.807, 2.05) is 0 Å². The van der Waals surface area contributed by atoms with Crippen molar-refractivity contribution in [2.75, 3.05) is 17.2 Å². The van der Waals surface area contributed by atoms with Gasteiger partial charge in [0.2, 0.25) is 11.8 Å². The Labute approximate surface area is 115 Å². The first-order chi connectivity index (χ1) is 9.20. The number of nitrogens with two attached hydrogens (primary N) is 2. The Balaban J connectivity index is 2.35. The van der Waals surface area contributed by atoms with E-state index in [1.165, 1.54) is 11.0 Å². The second-order valence-corrected chi connectivity index (χ2v) is 5.92. The zero-order chi connectivity index (χ0) is 15.1. The number of primary amides is 1. The molecule has 20 heavy (non-hydrogen) atoms. The van der Waals surface area contributed by atoms with Crippen LogP contribution in [0.1, 0.15) is 6.42 Å². The summed E-state index contributed by atoms with van der Waals surface area (Å²) in [5.41, 5.74) is 11.2. The standard InChI is InChI=1S/C11H13N3O5S/c12-8-4-7(20(17,18)19)1-2-9(8)14-5-6(11(13)16)3-10(14)15/h1-2,4,6H,3,5,12H2,(H2,13,16)(H,17,18,19). The van der Waals surface area contributed by atoms with E-state index in [4.69, 9.17) is 16.0 Å². The molecule has 1 saturated heterocycles. The van der Waals surface area contributed by atoms with Crippen molar-refractivity contribution in [3.05, 3.63) is 18.2 Å². The number of nitrogen functional groups attached to an aromatic ring is 1. The molecule has 1 heterocycles. The Morgan fingerprint density at radius 3 is 2.50 bits per heavy atom. The molecule has 8 nitrogen and oxygen atoms in total. The molecule has 1 aromatic rings. The van der Waals surface area contributed by atoms with Crippen LogP contribution in [0.3, 0.4) is 0 Å². The Hall–Kier alpha value is -2.13. The van der Waals surface area contributed by atoms with Crippen molar-refractivity contribution in [3.63, 3.8) is 0 Å². The summed E-state index contributed by atoms with van der Waals surface area (Å²) >= 11 is 0. The van der Waals surface area contributed by atoms with Gasteiger partial charge in [-0.2, -0.15) is 8.42 Å². The van der Waals surface area contributed by atoms with Crippen molar-refractivity contribution in [1.82, 2.24) is 0 Å². The van der Waals surface area contributed by atoms with Gasteiger partial charge in [0.15, 0.2) is 0 Å². The largest absolute Gasteiger partial charge is 0.397 e. The fourth-order valence-electron chi connectivity index (χ4n) is 2.07. The van der Waals surface area contributed by atoms with Crippen LogP contribution in [0.5, 0.6) is 0 Å². The van der Waals surface area contributed by atoms with E-state index < -0.39 is 21.9 Å². The summed E-state index contributed by atoms with van der Waals surface area (Å²) < 4.78 is 30.9. The van der Waals surface area contributed by atoms with Gasteiger partial charge in [0.05, 0.1) is 22.2 Å². The fourth-order valence-corrected chi connectivity index (χ4v) is 2.59. The van der Waals surface area contributed by atoms with Crippen LogP contribution in [-0.2, 0) is 19.7 Å². The van der Waals surface area contributed by atoms with E-state index >= 15 is 0 Å². The van der Waals surface area contributed by atoms with Gasteiger partial charge in [0.1, 0.15) is 0 Å². The third-order valence-corrected chi connectivity index (χ3v) is 3.96. The van der Waals surface area contributed by atoms with E-state index in [0.29, 0.717) is 0 Å². The van der Waals surface area contributed by atoms with Crippen molar-refractivity contribution in [2.45, 2.75) is 11.3 Å². The molecule has 1 atom stereocenters. The highest BCUT2D eigenvalue weighted by Crippen LogP contribution is 2.31. The number of carbonyl (C=O) groups is 2. The van der Waals surface area contributed by atoms with Crippen molar-refractivity contribution in [3.8, 4) is 0 Å². The Morgan fingerprint density at radius 2 is 2.05 bits per heavy atom. The van der Waals surface area contributed by atoms with Gasteiger partial charge in [0, 0.05) is 13.0 Å². The molecule has 0 radical (unpaired) electrons. The number of nitrogens with zero attached hydrogens (tertiary/aromatic N) is 1. The van der Waals surface area contributed by atoms with Crippen LogP contribution in [0.2, 0.25) is 0 Å². The lowest BCUT2D eigenvalue weighted by Crippen LogP contribution is -2.29. The van der Waals surface area contributed by atoms with Gasteiger partial charge >= 0.3 is 0 Å². The zero-order valence-corrected chi connectivity index (χ0v) is 11.1. The molecule has 0 bridgehead atoms. The predicted molar refractivity (Wildman–Crippen MR) is 70.3 cm³/mol. The molecule has 0 aliphatic carbocycles. The highest BCUT2D eigenvalue weighted by molar-refractivity contribution is 7.85. The van der Waals surface area contributed by atoms with E-state index in [-0.39, 0.29) is 35.1 Å². The summed E-state index contributed by atoms with van der Waals surface area (Å²) in [5.74, 6) is -1.49. The first-order valence-electron chi connectivity index (χ1n) is 5.67. The van der Waals surface area contributed by atoms with E-state index in [2.05, 4.69) is 0 Å². The van der Waals surface area contributed by atoms with Crippen LogP contribution < -0.4 is 16.4 Å². The van der Waals surface area contributed by atoms with Crippen molar-refractivity contribution >= 4 is 33.3 Å². The smallest absolute Gasteiger partial charge is 0.294 e. The SMILES string of the molecule is NC(=O)C1CC(=O)N(c2ccc(S(=O)(=O)O)cc2N)C1. The van der Waals surface area contributed by atoms with Gasteiger partial charge in [0.25, 0.3) is 10.1 Å². The minimum atomic E-state index is -4.36. The molecule has 1 aliphatic rings. The summed E-state index contributed by atoms with van der Waals surface area (Å²) in [7, 11) is -4.36. The number of amides is 2. The Kier molecular flexibility index (Phi) is 3.40. The number of benzene rings is 1. The molecular formula is C11H13N3O5S. The van der Waals surface area contributed by atoms with Crippen LogP contribution in [-0.4, -0.2) is 31.3 Å². The summed E-state index contributed by atoms with van der Waals surface area (Å²) in [4.78, 5) is 23.8. The third kappa shape index (κ3) is 2.58. The zero-order valence-electron chi connectivity index (χ0n) is 10.3. The molecule has 0 aromatic heterocycles. The number of hydrogen-bond acceptors (Lipinski definition) is 5. The molecule has 1 unspecified atom stereocenters. The van der Waals surface area contributed by atoms with Crippen molar-refractivity contribution < 1.29 is 22.6 Å². The molecular weight excluding hydrogens is 286 g/mol. The van der Waals surface area contributed by atoms with E-state index in [9.17, 15) is 18.0 Å². The summed E-state index contributed by atoms with van der Waals surface area (Å²) in [5, 5.41) is 0. The van der Waals surface area contributed by atoms with Gasteiger partial charge in [-0.15, -0.1) is 0 Å². The highest BCUT2D eigenvalue weighted by atomic mass is 32.2. The predicted octanol–water partition coefficient (Wildman–Crippen LogP) is -0.646. The van der Waals surface area contributed by atoms with E-state index in [0.717, 1.165) is 12.1 Å². The van der Waals surface area contributed by atoms with Gasteiger partial charge < -0.3 is 16.4 Å². The van der Waals surface area contributed by atoms with Crippen LogP contribution in [0.15, 0.2) is 23.1 Å². The van der Waals surface area contributed by atoms with Gasteiger partial charge in [-0.25, -0.2) is 0 Å². The van der Waals surface area contributed by atoms with Crippen molar-refractivity contribution in [2.24, 2.45) is 11.7 Å². The maximum absolute atomic E-state index is 11.8. The number of hydrogen-bond donors (Lipinski definition) is 3. The first kappa shape index (κ1) is 14.3. The average Bonchev–Trinajstić information content (AvgIpc) is 2.70. The molecule has 1 fully saturated rings. The molecule has 0 saturated carbocycles. The highest BCUT2D eigenvalue weighted by Gasteiger charge is 2.34. The lowest BCUT2D eigenvalue weighted by Gasteiger charge is -2.18. The lowest BCUT2D eigenvalue weighted by atomic mass is 10.1. The maximum Gasteiger partial charge on any atom is 0.294 e.